The average molecular weight is 443 g/mol. The Kier molecular flexibility index (Phi) is 6.92. The van der Waals surface area contributed by atoms with Crippen LogP contribution in [0.5, 0.6) is 0 Å². The zero-order chi connectivity index (χ0) is 23.3. The fourth-order valence-electron chi connectivity index (χ4n) is 8.85. The smallest absolute Gasteiger partial charge is 0.302 e. The molecule has 182 valence electrons. The Morgan fingerprint density at radius 2 is 1.69 bits per heavy atom. The van der Waals surface area contributed by atoms with Crippen molar-refractivity contribution in [2.24, 2.45) is 52.3 Å². The van der Waals surface area contributed by atoms with Gasteiger partial charge in [-0.05, 0) is 104 Å². The van der Waals surface area contributed by atoms with E-state index in [1.807, 2.05) is 5.57 Å². The van der Waals surface area contributed by atoms with Gasteiger partial charge in [-0.25, -0.2) is 0 Å². The third-order valence-corrected chi connectivity index (χ3v) is 11.3. The molecule has 0 aromatic carbocycles. The van der Waals surface area contributed by atoms with Crippen molar-refractivity contribution in [3.8, 4) is 0 Å². The van der Waals surface area contributed by atoms with Gasteiger partial charge in [-0.15, -0.1) is 0 Å². The quantitative estimate of drug-likeness (QED) is 0.306. The molecule has 0 saturated heterocycles. The maximum atomic E-state index is 11.5. The fraction of sp³-hybridized carbons (Fsp3) is 0.900. The first-order valence-electron chi connectivity index (χ1n) is 13.9. The van der Waals surface area contributed by atoms with Gasteiger partial charge in [0.1, 0.15) is 6.10 Å². The molecule has 0 unspecified atom stereocenters. The number of hydrogen-bond acceptors (Lipinski definition) is 2. The lowest BCUT2D eigenvalue weighted by atomic mass is 9.47. The molecule has 0 radical (unpaired) electrons. The van der Waals surface area contributed by atoms with Gasteiger partial charge in [-0.2, -0.15) is 0 Å². The topological polar surface area (TPSA) is 26.3 Å². The number of esters is 1. The molecule has 3 fully saturated rings. The number of carbonyl (C=O) groups is 1. The van der Waals surface area contributed by atoms with Crippen molar-refractivity contribution < 1.29 is 9.53 Å². The summed E-state index contributed by atoms with van der Waals surface area (Å²) in [7, 11) is 0. The number of carbonyl (C=O) groups excluding carboxylic acids is 1. The highest BCUT2D eigenvalue weighted by atomic mass is 16.5. The SMILES string of the molecule is CC(=O)O[C@@H]1CC[C@]2(C)[C@H](CC=C3[C@H]2CC[C@]2(C)[C@@H]([C@H](C)CC[C@H](C)C(C)C)CC[C@@H]32)C1. The van der Waals surface area contributed by atoms with Crippen LogP contribution in [0.4, 0.5) is 0 Å². The number of allylic oxidation sites excluding steroid dienone is 2. The Morgan fingerprint density at radius 1 is 1.00 bits per heavy atom. The van der Waals surface area contributed by atoms with E-state index in [0.717, 1.165) is 48.3 Å². The lowest BCUT2D eigenvalue weighted by Gasteiger charge is -2.58. The maximum Gasteiger partial charge on any atom is 0.302 e. The Morgan fingerprint density at radius 3 is 2.38 bits per heavy atom. The van der Waals surface area contributed by atoms with Crippen molar-refractivity contribution in [1.82, 2.24) is 0 Å². The van der Waals surface area contributed by atoms with Crippen LogP contribution in [0.25, 0.3) is 0 Å². The summed E-state index contributed by atoms with van der Waals surface area (Å²) >= 11 is 0. The monoisotopic (exact) mass is 442 g/mol. The molecule has 0 aromatic heterocycles. The molecule has 0 amide bonds. The van der Waals surface area contributed by atoms with Crippen LogP contribution in [0.2, 0.25) is 0 Å². The third-order valence-electron chi connectivity index (χ3n) is 11.3. The molecule has 4 aliphatic carbocycles. The Hall–Kier alpha value is -0.790. The molecule has 2 heteroatoms. The van der Waals surface area contributed by atoms with Crippen LogP contribution in [0.3, 0.4) is 0 Å². The molecule has 0 heterocycles. The Labute approximate surface area is 198 Å². The molecule has 32 heavy (non-hydrogen) atoms. The van der Waals surface area contributed by atoms with Crippen LogP contribution in [0.15, 0.2) is 11.6 Å². The van der Waals surface area contributed by atoms with E-state index in [1.165, 1.54) is 51.4 Å². The van der Waals surface area contributed by atoms with Crippen molar-refractivity contribution >= 4 is 5.97 Å². The summed E-state index contributed by atoms with van der Waals surface area (Å²) in [5.74, 6) is 5.58. The van der Waals surface area contributed by atoms with Gasteiger partial charge in [-0.3, -0.25) is 4.79 Å². The first-order valence-corrected chi connectivity index (χ1v) is 13.9. The van der Waals surface area contributed by atoms with Gasteiger partial charge in [0.2, 0.25) is 0 Å². The fourth-order valence-corrected chi connectivity index (χ4v) is 8.85. The third kappa shape index (κ3) is 4.22. The normalized spacial score (nSPS) is 43.0. The number of hydrogen-bond donors (Lipinski definition) is 0. The molecule has 0 aliphatic heterocycles. The molecule has 0 spiro atoms. The minimum Gasteiger partial charge on any atom is -0.463 e. The molecule has 9 atom stereocenters. The number of rotatable bonds is 6. The minimum absolute atomic E-state index is 0.104. The second kappa shape index (κ2) is 9.10. The van der Waals surface area contributed by atoms with E-state index in [4.69, 9.17) is 4.74 Å². The van der Waals surface area contributed by atoms with Crippen LogP contribution in [0, 0.1) is 52.3 Å². The van der Waals surface area contributed by atoms with Crippen LogP contribution >= 0.6 is 0 Å². The van der Waals surface area contributed by atoms with E-state index in [0.29, 0.717) is 16.7 Å². The summed E-state index contributed by atoms with van der Waals surface area (Å²) in [5.41, 5.74) is 2.79. The van der Waals surface area contributed by atoms with Gasteiger partial charge >= 0.3 is 5.97 Å². The van der Waals surface area contributed by atoms with Crippen molar-refractivity contribution in [1.29, 1.82) is 0 Å². The van der Waals surface area contributed by atoms with E-state index in [1.54, 1.807) is 6.92 Å². The number of fused-ring (bicyclic) bond motifs is 5. The van der Waals surface area contributed by atoms with Crippen LogP contribution < -0.4 is 0 Å². The van der Waals surface area contributed by atoms with Gasteiger partial charge in [0.05, 0.1) is 0 Å². The first-order chi connectivity index (χ1) is 15.1. The average Bonchev–Trinajstić information content (AvgIpc) is 3.08. The second-order valence-electron chi connectivity index (χ2n) is 13.3. The Bertz CT molecular complexity index is 722. The second-order valence-corrected chi connectivity index (χ2v) is 13.3. The highest BCUT2D eigenvalue weighted by Crippen LogP contribution is 2.67. The van der Waals surface area contributed by atoms with E-state index in [-0.39, 0.29) is 12.1 Å². The highest BCUT2D eigenvalue weighted by Gasteiger charge is 2.58. The summed E-state index contributed by atoms with van der Waals surface area (Å²) < 4.78 is 5.64. The van der Waals surface area contributed by atoms with E-state index in [2.05, 4.69) is 47.6 Å². The molecule has 4 aliphatic rings. The highest BCUT2D eigenvalue weighted by molar-refractivity contribution is 5.66. The molecule has 0 N–H and O–H groups in total. The summed E-state index contributed by atoms with van der Waals surface area (Å²) in [5, 5.41) is 0. The molecular formula is C30H50O2. The predicted octanol–water partition coefficient (Wildman–Crippen LogP) is 8.21. The molecular weight excluding hydrogens is 392 g/mol. The van der Waals surface area contributed by atoms with Gasteiger partial charge in [0.25, 0.3) is 0 Å². The van der Waals surface area contributed by atoms with Gasteiger partial charge in [-0.1, -0.05) is 66.0 Å². The van der Waals surface area contributed by atoms with Gasteiger partial charge in [0.15, 0.2) is 0 Å². The number of ether oxygens (including phenoxy) is 1. The lowest BCUT2D eigenvalue weighted by Crippen LogP contribution is -2.50. The first kappa shape index (κ1) is 24.3. The summed E-state index contributed by atoms with van der Waals surface area (Å²) in [6, 6.07) is 0. The van der Waals surface area contributed by atoms with E-state index >= 15 is 0 Å². The molecule has 0 bridgehead atoms. The lowest BCUT2D eigenvalue weighted by molar-refractivity contribution is -0.152. The van der Waals surface area contributed by atoms with Crippen LogP contribution in [-0.4, -0.2) is 12.1 Å². The zero-order valence-corrected chi connectivity index (χ0v) is 22.1. The van der Waals surface area contributed by atoms with Crippen LogP contribution in [-0.2, 0) is 9.53 Å². The van der Waals surface area contributed by atoms with Crippen molar-refractivity contribution in [3.05, 3.63) is 11.6 Å². The Balaban J connectivity index is 1.47. The maximum absolute atomic E-state index is 11.5. The summed E-state index contributed by atoms with van der Waals surface area (Å²) in [4.78, 5) is 11.5. The molecule has 4 rings (SSSR count). The molecule has 2 nitrogen and oxygen atoms in total. The van der Waals surface area contributed by atoms with Gasteiger partial charge in [0, 0.05) is 6.92 Å². The summed E-state index contributed by atoms with van der Waals surface area (Å²) in [6.07, 6.45) is 15.9. The van der Waals surface area contributed by atoms with E-state index < -0.39 is 0 Å². The minimum atomic E-state index is -0.104. The van der Waals surface area contributed by atoms with Gasteiger partial charge < -0.3 is 4.74 Å². The van der Waals surface area contributed by atoms with E-state index in [9.17, 15) is 4.79 Å². The van der Waals surface area contributed by atoms with Crippen molar-refractivity contribution in [3.63, 3.8) is 0 Å². The van der Waals surface area contributed by atoms with Crippen LogP contribution in [0.1, 0.15) is 113 Å². The van der Waals surface area contributed by atoms with Crippen molar-refractivity contribution in [2.45, 2.75) is 119 Å². The molecule has 3 saturated carbocycles. The van der Waals surface area contributed by atoms with Crippen molar-refractivity contribution in [2.75, 3.05) is 0 Å². The largest absolute Gasteiger partial charge is 0.463 e. The standard InChI is InChI=1S/C30H50O2/c1-19(2)20(3)8-9-21(4)26-12-13-27-25-11-10-23-18-24(32-22(5)31)14-16-29(23,6)28(25)15-17-30(26,27)7/h11,19-21,23-24,26-28H,8-10,12-18H2,1-7H3/t20-,21+,23+,24+,26+,27-,28+,29+,30+/m0/s1. The zero-order valence-electron chi connectivity index (χ0n) is 22.1. The molecule has 0 aromatic rings. The predicted molar refractivity (Wildman–Crippen MR) is 133 cm³/mol. The summed E-state index contributed by atoms with van der Waals surface area (Å²) in [6.45, 7) is 16.6.